The Hall–Kier alpha value is -1.87. The Morgan fingerprint density at radius 3 is 2.59 bits per heavy atom. The van der Waals surface area contributed by atoms with Crippen LogP contribution in [0.5, 0.6) is 0 Å². The molecule has 1 aromatic rings. The largest absolute Gasteiger partial charge is 0.368 e. The molecule has 8 nitrogen and oxygen atoms in total. The van der Waals surface area contributed by atoms with Crippen molar-refractivity contribution < 1.29 is 9.59 Å². The van der Waals surface area contributed by atoms with E-state index >= 15 is 0 Å². The summed E-state index contributed by atoms with van der Waals surface area (Å²) < 4.78 is 0. The second-order valence-corrected chi connectivity index (χ2v) is 7.77. The second-order valence-electron chi connectivity index (χ2n) is 7.77. The van der Waals surface area contributed by atoms with Gasteiger partial charge in [0.05, 0.1) is 0 Å². The van der Waals surface area contributed by atoms with E-state index in [9.17, 15) is 9.59 Å². The summed E-state index contributed by atoms with van der Waals surface area (Å²) >= 11 is 0. The van der Waals surface area contributed by atoms with E-state index in [2.05, 4.69) is 38.5 Å². The molecule has 29 heavy (non-hydrogen) atoms. The van der Waals surface area contributed by atoms with Crippen molar-refractivity contribution in [2.75, 3.05) is 50.7 Å². The predicted octanol–water partition coefficient (Wildman–Crippen LogP) is -0.282. The molecule has 0 spiro atoms. The first kappa shape index (κ1) is 21.8. The van der Waals surface area contributed by atoms with Crippen LogP contribution in [0.25, 0.3) is 0 Å². The summed E-state index contributed by atoms with van der Waals surface area (Å²) in [5.41, 5.74) is 7.55. The van der Waals surface area contributed by atoms with E-state index in [4.69, 9.17) is 0 Å². The van der Waals surface area contributed by atoms with Gasteiger partial charge in [-0.2, -0.15) is 0 Å². The summed E-state index contributed by atoms with van der Waals surface area (Å²) in [5.74, 6) is 0.351. The standard InChI is InChI=1S/C20H30N6O2.ClH/c27-18(26-12-10-25(11-13-26)15-4-2-1-3-5-15)7-9-22-20(28)19-16-14-21-8-6-17(16)23-24-19;/h1-5,16-17,19,21,23-24H,6-14H2,(H,22,28);1H. The average molecular weight is 423 g/mol. The fourth-order valence-electron chi connectivity index (χ4n) is 4.39. The molecule has 0 aromatic heterocycles. The molecule has 4 rings (SSSR count). The number of nitrogens with zero attached hydrogens (tertiary/aromatic N) is 2. The molecule has 0 bridgehead atoms. The molecular weight excluding hydrogens is 392 g/mol. The van der Waals surface area contributed by atoms with Crippen molar-refractivity contribution in [3.63, 3.8) is 0 Å². The maximum Gasteiger partial charge on any atom is 0.238 e. The van der Waals surface area contributed by atoms with Crippen molar-refractivity contribution in [3.05, 3.63) is 30.3 Å². The third kappa shape index (κ3) is 5.19. The number of hydrogen-bond acceptors (Lipinski definition) is 6. The number of fused-ring (bicyclic) bond motifs is 1. The van der Waals surface area contributed by atoms with Crippen molar-refractivity contribution in [1.82, 2.24) is 26.4 Å². The molecule has 0 saturated carbocycles. The molecule has 4 N–H and O–H groups in total. The molecule has 0 aliphatic carbocycles. The van der Waals surface area contributed by atoms with Gasteiger partial charge in [-0.15, -0.1) is 12.4 Å². The van der Waals surface area contributed by atoms with E-state index in [0.29, 0.717) is 19.0 Å². The van der Waals surface area contributed by atoms with E-state index in [-0.39, 0.29) is 36.2 Å². The van der Waals surface area contributed by atoms with Crippen molar-refractivity contribution in [3.8, 4) is 0 Å². The van der Waals surface area contributed by atoms with Crippen LogP contribution >= 0.6 is 12.4 Å². The average Bonchev–Trinajstić information content (AvgIpc) is 3.19. The number of nitrogens with one attached hydrogen (secondary N) is 4. The van der Waals surface area contributed by atoms with Crippen molar-refractivity contribution in [2.45, 2.75) is 24.9 Å². The number of halogens is 1. The molecule has 1 aromatic carbocycles. The van der Waals surface area contributed by atoms with E-state index in [1.165, 1.54) is 5.69 Å². The number of hydrazine groups is 1. The van der Waals surface area contributed by atoms with Gasteiger partial charge >= 0.3 is 0 Å². The Labute approximate surface area is 178 Å². The minimum atomic E-state index is -0.234. The number of anilines is 1. The van der Waals surface area contributed by atoms with Crippen LogP contribution in [0.15, 0.2) is 30.3 Å². The van der Waals surface area contributed by atoms with Gasteiger partial charge < -0.3 is 20.4 Å². The smallest absolute Gasteiger partial charge is 0.238 e. The molecule has 3 fully saturated rings. The minimum absolute atomic E-state index is 0. The number of benzene rings is 1. The molecule has 9 heteroatoms. The Kier molecular flexibility index (Phi) is 7.71. The number of piperazine rings is 1. The van der Waals surface area contributed by atoms with Crippen LogP contribution in [0.4, 0.5) is 5.69 Å². The Morgan fingerprint density at radius 2 is 1.83 bits per heavy atom. The number of amides is 2. The topological polar surface area (TPSA) is 88.7 Å². The van der Waals surface area contributed by atoms with E-state index in [1.807, 2.05) is 23.1 Å². The predicted molar refractivity (Wildman–Crippen MR) is 115 cm³/mol. The molecule has 160 valence electrons. The third-order valence-electron chi connectivity index (χ3n) is 6.06. The van der Waals surface area contributed by atoms with Gasteiger partial charge in [0, 0.05) is 63.3 Å². The molecule has 3 atom stereocenters. The third-order valence-corrected chi connectivity index (χ3v) is 6.06. The molecule has 3 unspecified atom stereocenters. The number of para-hydroxylation sites is 1. The summed E-state index contributed by atoms with van der Waals surface area (Å²) in [6.07, 6.45) is 1.37. The van der Waals surface area contributed by atoms with Crippen LogP contribution in [0.3, 0.4) is 0 Å². The van der Waals surface area contributed by atoms with Crippen LogP contribution in [0.1, 0.15) is 12.8 Å². The van der Waals surface area contributed by atoms with E-state index in [0.717, 1.165) is 45.7 Å². The van der Waals surface area contributed by atoms with Gasteiger partial charge in [-0.25, -0.2) is 5.43 Å². The summed E-state index contributed by atoms with van der Waals surface area (Å²) in [4.78, 5) is 29.2. The van der Waals surface area contributed by atoms with Crippen LogP contribution in [-0.4, -0.2) is 74.6 Å². The molecule has 0 radical (unpaired) electrons. The Morgan fingerprint density at radius 1 is 1.07 bits per heavy atom. The number of rotatable bonds is 5. The Bertz CT molecular complexity index is 683. The maximum absolute atomic E-state index is 12.5. The van der Waals surface area contributed by atoms with Crippen LogP contribution < -0.4 is 26.4 Å². The first-order valence-electron chi connectivity index (χ1n) is 10.3. The molecule has 2 amide bonds. The van der Waals surface area contributed by atoms with E-state index in [1.54, 1.807) is 0 Å². The number of carbonyl (C=O) groups excluding carboxylic acids is 2. The quantitative estimate of drug-likeness (QED) is 0.522. The number of carbonyl (C=O) groups is 2. The molecule has 3 aliphatic rings. The van der Waals surface area contributed by atoms with Gasteiger partial charge in [-0.05, 0) is 25.1 Å². The van der Waals surface area contributed by atoms with Crippen LogP contribution in [0, 0.1) is 5.92 Å². The highest BCUT2D eigenvalue weighted by Crippen LogP contribution is 2.20. The molecule has 3 saturated heterocycles. The highest BCUT2D eigenvalue weighted by molar-refractivity contribution is 5.85. The minimum Gasteiger partial charge on any atom is -0.368 e. The molecule has 3 aliphatic heterocycles. The van der Waals surface area contributed by atoms with Gasteiger partial charge in [0.2, 0.25) is 11.8 Å². The normalized spacial score (nSPS) is 26.4. The van der Waals surface area contributed by atoms with Gasteiger partial charge in [-0.1, -0.05) is 18.2 Å². The van der Waals surface area contributed by atoms with Gasteiger partial charge in [-0.3, -0.25) is 15.0 Å². The van der Waals surface area contributed by atoms with Crippen LogP contribution in [0.2, 0.25) is 0 Å². The number of hydrogen-bond donors (Lipinski definition) is 4. The van der Waals surface area contributed by atoms with Gasteiger partial charge in [0.25, 0.3) is 0 Å². The summed E-state index contributed by atoms with van der Waals surface area (Å²) in [7, 11) is 0. The van der Waals surface area contributed by atoms with Crippen molar-refractivity contribution in [2.24, 2.45) is 5.92 Å². The number of piperidine rings is 1. The fraction of sp³-hybridized carbons (Fsp3) is 0.600. The highest BCUT2D eigenvalue weighted by Gasteiger charge is 2.40. The summed E-state index contributed by atoms with van der Waals surface area (Å²) in [6, 6.07) is 10.4. The zero-order chi connectivity index (χ0) is 19.3. The first-order chi connectivity index (χ1) is 13.7. The van der Waals surface area contributed by atoms with Crippen molar-refractivity contribution in [1.29, 1.82) is 0 Å². The first-order valence-corrected chi connectivity index (χ1v) is 10.3. The zero-order valence-corrected chi connectivity index (χ0v) is 17.4. The molecular formula is C20H31ClN6O2. The highest BCUT2D eigenvalue weighted by atomic mass is 35.5. The van der Waals surface area contributed by atoms with Crippen molar-refractivity contribution >= 4 is 29.9 Å². The van der Waals surface area contributed by atoms with Gasteiger partial charge in [0.15, 0.2) is 0 Å². The monoisotopic (exact) mass is 422 g/mol. The fourth-order valence-corrected chi connectivity index (χ4v) is 4.39. The lowest BCUT2D eigenvalue weighted by molar-refractivity contribution is -0.131. The lowest BCUT2D eigenvalue weighted by Crippen LogP contribution is -2.51. The Balaban J connectivity index is 0.00000240. The summed E-state index contributed by atoms with van der Waals surface area (Å²) in [6.45, 7) is 5.35. The van der Waals surface area contributed by atoms with Gasteiger partial charge in [0.1, 0.15) is 6.04 Å². The lowest BCUT2D eigenvalue weighted by Gasteiger charge is -2.36. The summed E-state index contributed by atoms with van der Waals surface area (Å²) in [5, 5.41) is 6.28. The molecule has 3 heterocycles. The lowest BCUT2D eigenvalue weighted by atomic mass is 9.89. The zero-order valence-electron chi connectivity index (χ0n) is 16.6. The van der Waals surface area contributed by atoms with E-state index < -0.39 is 0 Å². The second kappa shape index (κ2) is 10.2. The van der Waals surface area contributed by atoms with Crippen LogP contribution in [-0.2, 0) is 9.59 Å². The maximum atomic E-state index is 12.5. The SMILES string of the molecule is Cl.O=C(NCCC(=O)N1CCN(c2ccccc2)CC1)C1NNC2CCNCC21.